The van der Waals surface area contributed by atoms with Gasteiger partial charge >= 0.3 is 0 Å². The molecule has 1 rings (SSSR count). The normalized spacial score (nSPS) is 13.3. The maximum atomic E-state index is 3.70. The van der Waals surface area contributed by atoms with E-state index in [-0.39, 0.29) is 0 Å². The molecular weight excluding hydrogens is 436 g/mol. The fraction of sp³-hybridized carbons (Fsp3) is 0.912. The molecule has 0 saturated carbocycles. The van der Waals surface area contributed by atoms with Gasteiger partial charge in [0.2, 0.25) is 0 Å². The highest BCUT2D eigenvalue weighted by atomic mass is 15.1. The van der Waals surface area contributed by atoms with Crippen molar-refractivity contribution >= 4 is 0 Å². The van der Waals surface area contributed by atoms with Gasteiger partial charge in [-0.2, -0.15) is 0 Å². The van der Waals surface area contributed by atoms with Crippen LogP contribution in [-0.2, 0) is 0 Å². The fourth-order valence-electron chi connectivity index (χ4n) is 5.90. The Balaban J connectivity index is 2.35. The van der Waals surface area contributed by atoms with Gasteiger partial charge in [0.1, 0.15) is 12.4 Å². The minimum atomic E-state index is 0.622. The first-order valence-electron chi connectivity index (χ1n) is 16.8. The van der Waals surface area contributed by atoms with E-state index in [0.29, 0.717) is 12.0 Å². The molecule has 0 bridgehead atoms. The van der Waals surface area contributed by atoms with Gasteiger partial charge in [-0.3, -0.25) is 0 Å². The number of imidazole rings is 1. The van der Waals surface area contributed by atoms with Crippen molar-refractivity contribution in [3.05, 3.63) is 18.2 Å². The van der Waals surface area contributed by atoms with Crippen molar-refractivity contribution in [2.45, 2.75) is 200 Å². The van der Waals surface area contributed by atoms with Gasteiger partial charge in [-0.05, 0) is 32.6 Å². The zero-order chi connectivity index (χ0) is 26.1. The van der Waals surface area contributed by atoms with Crippen LogP contribution in [0.3, 0.4) is 0 Å². The molecule has 0 aliphatic carbocycles. The van der Waals surface area contributed by atoms with Crippen molar-refractivity contribution in [3.63, 3.8) is 0 Å². The summed E-state index contributed by atoms with van der Waals surface area (Å²) in [6.07, 6.45) is 39.8. The van der Waals surface area contributed by atoms with Crippen LogP contribution in [0, 0.1) is 0 Å². The Bertz CT molecular complexity index is 563. The molecule has 2 unspecified atom stereocenters. The Morgan fingerprint density at radius 3 is 1.36 bits per heavy atom. The SMILES string of the molecule is CCCCCCCCCCCCC(C)[n+]1cc[nH]c1C(CCCCC)CCCCCCCCCCC. The average Bonchev–Trinajstić information content (AvgIpc) is 3.37. The molecule has 0 aliphatic rings. The molecule has 1 aromatic rings. The summed E-state index contributed by atoms with van der Waals surface area (Å²) in [7, 11) is 0. The van der Waals surface area contributed by atoms with Crippen molar-refractivity contribution in [2.75, 3.05) is 0 Å². The second-order valence-corrected chi connectivity index (χ2v) is 11.9. The van der Waals surface area contributed by atoms with Gasteiger partial charge < -0.3 is 0 Å². The van der Waals surface area contributed by atoms with Gasteiger partial charge in [-0.1, -0.05) is 156 Å². The largest absolute Gasteiger partial charge is 0.257 e. The quantitative estimate of drug-likeness (QED) is 0.0909. The Hall–Kier alpha value is -0.790. The highest BCUT2D eigenvalue weighted by Crippen LogP contribution is 2.27. The van der Waals surface area contributed by atoms with Crippen LogP contribution in [0.1, 0.15) is 206 Å². The maximum Gasteiger partial charge on any atom is 0.257 e. The monoisotopic (exact) mass is 504 g/mol. The summed E-state index contributed by atoms with van der Waals surface area (Å²) < 4.78 is 2.61. The van der Waals surface area contributed by atoms with Gasteiger partial charge in [-0.15, -0.1) is 0 Å². The number of nitrogens with one attached hydrogen (secondary N) is 1. The molecule has 2 atom stereocenters. The van der Waals surface area contributed by atoms with E-state index < -0.39 is 0 Å². The van der Waals surface area contributed by atoms with E-state index in [9.17, 15) is 0 Å². The number of aromatic amines is 1. The van der Waals surface area contributed by atoms with Gasteiger partial charge in [0.25, 0.3) is 5.82 Å². The maximum absolute atomic E-state index is 3.70. The molecule has 1 heterocycles. The second kappa shape index (κ2) is 24.5. The van der Waals surface area contributed by atoms with Crippen LogP contribution < -0.4 is 4.57 Å². The van der Waals surface area contributed by atoms with Crippen LogP contribution in [0.15, 0.2) is 12.4 Å². The highest BCUT2D eigenvalue weighted by Gasteiger charge is 2.25. The van der Waals surface area contributed by atoms with Crippen molar-refractivity contribution in [1.29, 1.82) is 0 Å². The van der Waals surface area contributed by atoms with Crippen LogP contribution >= 0.6 is 0 Å². The molecule has 36 heavy (non-hydrogen) atoms. The third kappa shape index (κ3) is 16.9. The summed E-state index contributed by atoms with van der Waals surface area (Å²) in [5.74, 6) is 2.23. The molecule has 0 radical (unpaired) electrons. The van der Waals surface area contributed by atoms with Crippen LogP contribution in [0.2, 0.25) is 0 Å². The van der Waals surface area contributed by atoms with E-state index in [1.54, 1.807) is 0 Å². The molecule has 0 amide bonds. The molecular formula is C34H67N2+. The van der Waals surface area contributed by atoms with Crippen molar-refractivity contribution in [1.82, 2.24) is 4.98 Å². The summed E-state index contributed by atoms with van der Waals surface area (Å²) in [5, 5.41) is 0. The topological polar surface area (TPSA) is 19.7 Å². The molecule has 0 spiro atoms. The standard InChI is InChI=1S/C34H66N2/c1-5-8-11-13-15-17-19-20-22-25-27-32(4)36-31-30-35-34(36)33(28-24-10-7-3)29-26-23-21-18-16-14-12-9-6-2/h30-33H,5-29H2,1-4H3/p+1. The molecule has 0 aromatic carbocycles. The number of H-pyrrole nitrogens is 1. The van der Waals surface area contributed by atoms with E-state index in [1.807, 2.05) is 0 Å². The Morgan fingerprint density at radius 2 is 0.889 bits per heavy atom. The Kier molecular flexibility index (Phi) is 22.7. The minimum absolute atomic E-state index is 0.622. The number of hydrogen-bond donors (Lipinski definition) is 1. The summed E-state index contributed by atoms with van der Waals surface area (Å²) in [6, 6.07) is 0.622. The Labute approximate surface area is 227 Å². The number of aromatic nitrogens is 2. The summed E-state index contributed by atoms with van der Waals surface area (Å²) in [6.45, 7) is 9.40. The highest BCUT2D eigenvalue weighted by molar-refractivity contribution is 4.90. The predicted octanol–water partition coefficient (Wildman–Crippen LogP) is 11.8. The first-order valence-corrected chi connectivity index (χ1v) is 16.8. The zero-order valence-electron chi connectivity index (χ0n) is 25.4. The third-order valence-electron chi connectivity index (χ3n) is 8.39. The van der Waals surface area contributed by atoms with E-state index >= 15 is 0 Å². The van der Waals surface area contributed by atoms with Gasteiger partial charge in [-0.25, -0.2) is 9.55 Å². The van der Waals surface area contributed by atoms with Crippen molar-refractivity contribution in [2.24, 2.45) is 0 Å². The molecule has 212 valence electrons. The average molecular weight is 504 g/mol. The van der Waals surface area contributed by atoms with Crippen molar-refractivity contribution in [3.8, 4) is 0 Å². The molecule has 1 aromatic heterocycles. The molecule has 0 fully saturated rings. The smallest absolute Gasteiger partial charge is 0.247 e. The molecule has 0 saturated heterocycles. The lowest BCUT2D eigenvalue weighted by Crippen LogP contribution is -2.41. The zero-order valence-corrected chi connectivity index (χ0v) is 25.4. The summed E-state index contributed by atoms with van der Waals surface area (Å²) in [4.78, 5) is 3.70. The number of unbranched alkanes of at least 4 members (excludes halogenated alkanes) is 19. The van der Waals surface area contributed by atoms with Gasteiger partial charge in [0.15, 0.2) is 0 Å². The molecule has 2 nitrogen and oxygen atoms in total. The molecule has 1 N–H and O–H groups in total. The lowest BCUT2D eigenvalue weighted by molar-refractivity contribution is -0.727. The lowest BCUT2D eigenvalue weighted by atomic mass is 9.93. The van der Waals surface area contributed by atoms with Crippen molar-refractivity contribution < 1.29 is 4.57 Å². The van der Waals surface area contributed by atoms with Crippen LogP contribution in [0.4, 0.5) is 0 Å². The summed E-state index contributed by atoms with van der Waals surface area (Å²) in [5.41, 5.74) is 0. The van der Waals surface area contributed by atoms with E-state index in [0.717, 1.165) is 0 Å². The fourth-order valence-corrected chi connectivity index (χ4v) is 5.90. The predicted molar refractivity (Wildman–Crippen MR) is 161 cm³/mol. The Morgan fingerprint density at radius 1 is 0.528 bits per heavy atom. The molecule has 0 aliphatic heterocycles. The summed E-state index contributed by atoms with van der Waals surface area (Å²) >= 11 is 0. The van der Waals surface area contributed by atoms with Crippen LogP contribution in [0.5, 0.6) is 0 Å². The first-order chi connectivity index (χ1) is 17.7. The van der Waals surface area contributed by atoms with E-state index in [2.05, 4.69) is 49.6 Å². The number of rotatable bonds is 27. The van der Waals surface area contributed by atoms with Crippen LogP contribution in [0.25, 0.3) is 0 Å². The number of nitrogens with zero attached hydrogens (tertiary/aromatic N) is 1. The minimum Gasteiger partial charge on any atom is -0.247 e. The molecule has 2 heteroatoms. The first kappa shape index (κ1) is 33.2. The van der Waals surface area contributed by atoms with Gasteiger partial charge in [0, 0.05) is 0 Å². The van der Waals surface area contributed by atoms with E-state index in [1.165, 1.54) is 166 Å². The number of hydrogen-bond acceptors (Lipinski definition) is 0. The lowest BCUT2D eigenvalue weighted by Gasteiger charge is -2.17. The van der Waals surface area contributed by atoms with Crippen LogP contribution in [-0.4, -0.2) is 4.98 Å². The third-order valence-corrected chi connectivity index (χ3v) is 8.39. The van der Waals surface area contributed by atoms with Gasteiger partial charge in [0.05, 0.1) is 12.0 Å². The second-order valence-electron chi connectivity index (χ2n) is 11.9. The van der Waals surface area contributed by atoms with E-state index in [4.69, 9.17) is 0 Å².